The maximum Gasteiger partial charge on any atom is 0.281 e. The smallest absolute Gasteiger partial charge is 0.281 e. The average Bonchev–Trinajstić information content (AvgIpc) is 3.16. The van der Waals surface area contributed by atoms with E-state index < -0.39 is 5.54 Å². The predicted octanol–water partition coefficient (Wildman–Crippen LogP) is 4.43. The topological polar surface area (TPSA) is 76.5 Å². The Labute approximate surface area is 177 Å². The maximum atomic E-state index is 12.7. The fraction of sp³-hybridized carbons (Fsp3) is 0.273. The Morgan fingerprint density at radius 2 is 1.83 bits per heavy atom. The Bertz CT molecular complexity index is 1180. The Morgan fingerprint density at radius 1 is 1.10 bits per heavy atom. The van der Waals surface area contributed by atoms with Gasteiger partial charge in [-0.2, -0.15) is 0 Å². The van der Waals surface area contributed by atoms with Gasteiger partial charge in [0.25, 0.3) is 5.56 Å². The molecule has 2 aromatic carbocycles. The van der Waals surface area contributed by atoms with Gasteiger partial charge in [-0.05, 0) is 36.6 Å². The van der Waals surface area contributed by atoms with Crippen molar-refractivity contribution in [2.75, 3.05) is 0 Å². The van der Waals surface area contributed by atoms with Crippen molar-refractivity contribution in [3.05, 3.63) is 86.4 Å². The van der Waals surface area contributed by atoms with E-state index in [0.29, 0.717) is 17.9 Å². The SMILES string of the molecule is CCCC(C)(c1ccccc1)n1nnc2c(=O)[nH]c(Cc3ccc(Br)cc3)nc21. The molecule has 0 bridgehead atoms. The van der Waals surface area contributed by atoms with Crippen LogP contribution in [0.5, 0.6) is 0 Å². The van der Waals surface area contributed by atoms with Gasteiger partial charge in [-0.25, -0.2) is 9.67 Å². The van der Waals surface area contributed by atoms with Crippen molar-refractivity contribution in [2.45, 2.75) is 38.6 Å². The number of H-pyrrole nitrogens is 1. The van der Waals surface area contributed by atoms with Crippen molar-refractivity contribution >= 4 is 27.1 Å². The number of halogens is 1. The standard InChI is InChI=1S/C22H22BrN5O/c1-3-13-22(2,16-7-5-4-6-8-16)28-20-19(26-27-28)21(29)25-18(24-20)14-15-9-11-17(23)12-10-15/h4-12H,3,13-14H2,1-2H3,(H,24,25,29). The molecule has 0 spiro atoms. The van der Waals surface area contributed by atoms with Crippen molar-refractivity contribution in [1.29, 1.82) is 0 Å². The van der Waals surface area contributed by atoms with E-state index in [1.165, 1.54) is 0 Å². The number of nitrogens with one attached hydrogen (secondary N) is 1. The van der Waals surface area contributed by atoms with Crippen molar-refractivity contribution < 1.29 is 0 Å². The third-order valence-corrected chi connectivity index (χ3v) is 5.77. The summed E-state index contributed by atoms with van der Waals surface area (Å²) in [5, 5.41) is 8.51. The molecule has 1 atom stereocenters. The summed E-state index contributed by atoms with van der Waals surface area (Å²) >= 11 is 3.44. The zero-order chi connectivity index (χ0) is 20.4. The molecule has 0 radical (unpaired) electrons. The van der Waals surface area contributed by atoms with Crippen LogP contribution in [0.1, 0.15) is 43.6 Å². The minimum atomic E-state index is -0.444. The second-order valence-corrected chi connectivity index (χ2v) is 8.29. The first kappa shape index (κ1) is 19.5. The van der Waals surface area contributed by atoms with E-state index >= 15 is 0 Å². The summed E-state index contributed by atoms with van der Waals surface area (Å²) in [6.45, 7) is 4.26. The third kappa shape index (κ3) is 3.74. The lowest BCUT2D eigenvalue weighted by Gasteiger charge is -2.30. The molecule has 7 heteroatoms. The second-order valence-electron chi connectivity index (χ2n) is 7.38. The van der Waals surface area contributed by atoms with Crippen LogP contribution in [0.15, 0.2) is 63.9 Å². The van der Waals surface area contributed by atoms with Gasteiger partial charge in [-0.15, -0.1) is 5.10 Å². The number of hydrogen-bond acceptors (Lipinski definition) is 4. The lowest BCUT2D eigenvalue weighted by molar-refractivity contribution is 0.326. The Kier molecular flexibility index (Phi) is 5.32. The summed E-state index contributed by atoms with van der Waals surface area (Å²) in [7, 11) is 0. The number of hydrogen-bond donors (Lipinski definition) is 1. The molecule has 4 rings (SSSR count). The average molecular weight is 452 g/mol. The van der Waals surface area contributed by atoms with Gasteiger partial charge in [-0.1, -0.05) is 77.0 Å². The minimum absolute atomic E-state index is 0.264. The third-order valence-electron chi connectivity index (χ3n) is 5.25. The quantitative estimate of drug-likeness (QED) is 0.470. The predicted molar refractivity (Wildman–Crippen MR) is 117 cm³/mol. The zero-order valence-electron chi connectivity index (χ0n) is 16.4. The molecule has 29 heavy (non-hydrogen) atoms. The number of aromatic amines is 1. The first-order valence-corrected chi connectivity index (χ1v) is 10.5. The normalized spacial score (nSPS) is 13.5. The summed E-state index contributed by atoms with van der Waals surface area (Å²) in [6.07, 6.45) is 2.34. The summed E-state index contributed by atoms with van der Waals surface area (Å²) in [5.41, 5.74) is 2.25. The van der Waals surface area contributed by atoms with E-state index in [-0.39, 0.29) is 11.1 Å². The van der Waals surface area contributed by atoms with Gasteiger partial charge in [0, 0.05) is 10.9 Å². The Balaban J connectivity index is 1.83. The molecular formula is C22H22BrN5O. The molecule has 0 fully saturated rings. The van der Waals surface area contributed by atoms with Crippen LogP contribution in [0.3, 0.4) is 0 Å². The van der Waals surface area contributed by atoms with Gasteiger partial charge < -0.3 is 4.98 Å². The number of aromatic nitrogens is 5. The van der Waals surface area contributed by atoms with Gasteiger partial charge >= 0.3 is 0 Å². The van der Waals surface area contributed by atoms with Crippen LogP contribution >= 0.6 is 15.9 Å². The fourth-order valence-corrected chi connectivity index (χ4v) is 4.00. The van der Waals surface area contributed by atoms with Gasteiger partial charge in [0.1, 0.15) is 5.82 Å². The monoisotopic (exact) mass is 451 g/mol. The first-order valence-electron chi connectivity index (χ1n) is 9.66. The highest BCUT2D eigenvalue weighted by Crippen LogP contribution is 2.32. The Hall–Kier alpha value is -2.80. The summed E-state index contributed by atoms with van der Waals surface area (Å²) in [4.78, 5) is 20.3. The number of benzene rings is 2. The molecular weight excluding hydrogens is 430 g/mol. The maximum absolute atomic E-state index is 12.7. The van der Waals surface area contributed by atoms with E-state index in [1.807, 2.05) is 47.1 Å². The molecule has 0 aliphatic heterocycles. The van der Waals surface area contributed by atoms with Gasteiger partial charge in [-0.3, -0.25) is 4.79 Å². The molecule has 0 aliphatic rings. The van der Waals surface area contributed by atoms with Crippen LogP contribution in [0.25, 0.3) is 11.2 Å². The van der Waals surface area contributed by atoms with E-state index in [4.69, 9.17) is 4.98 Å². The van der Waals surface area contributed by atoms with Crippen LogP contribution in [0, 0.1) is 0 Å². The van der Waals surface area contributed by atoms with Crippen molar-refractivity contribution in [2.24, 2.45) is 0 Å². The molecule has 0 amide bonds. The molecule has 4 aromatic rings. The number of nitrogens with zero attached hydrogens (tertiary/aromatic N) is 4. The highest BCUT2D eigenvalue weighted by atomic mass is 79.9. The fourth-order valence-electron chi connectivity index (χ4n) is 3.74. The number of rotatable bonds is 6. The molecule has 0 saturated carbocycles. The molecule has 6 nitrogen and oxygen atoms in total. The second kappa shape index (κ2) is 7.91. The highest BCUT2D eigenvalue weighted by Gasteiger charge is 2.32. The van der Waals surface area contributed by atoms with Crippen molar-refractivity contribution in [1.82, 2.24) is 25.0 Å². The summed E-state index contributed by atoms with van der Waals surface area (Å²) in [6, 6.07) is 18.2. The van der Waals surface area contributed by atoms with Gasteiger partial charge in [0.05, 0.1) is 5.54 Å². The van der Waals surface area contributed by atoms with Crippen molar-refractivity contribution in [3.63, 3.8) is 0 Å². The van der Waals surface area contributed by atoms with E-state index in [0.717, 1.165) is 28.4 Å². The lowest BCUT2D eigenvalue weighted by Crippen LogP contribution is -2.33. The lowest BCUT2D eigenvalue weighted by atomic mass is 9.87. The van der Waals surface area contributed by atoms with Crippen LogP contribution in [0.4, 0.5) is 0 Å². The number of fused-ring (bicyclic) bond motifs is 1. The van der Waals surface area contributed by atoms with Crippen molar-refractivity contribution in [3.8, 4) is 0 Å². The minimum Gasteiger partial charge on any atom is -0.308 e. The largest absolute Gasteiger partial charge is 0.308 e. The summed E-state index contributed by atoms with van der Waals surface area (Å²) in [5.74, 6) is 0.597. The van der Waals surface area contributed by atoms with Crippen LogP contribution in [-0.2, 0) is 12.0 Å². The molecule has 0 aliphatic carbocycles. The molecule has 2 aromatic heterocycles. The van der Waals surface area contributed by atoms with Crippen LogP contribution < -0.4 is 5.56 Å². The van der Waals surface area contributed by atoms with Gasteiger partial charge in [0.15, 0.2) is 11.2 Å². The highest BCUT2D eigenvalue weighted by molar-refractivity contribution is 9.10. The summed E-state index contributed by atoms with van der Waals surface area (Å²) < 4.78 is 2.82. The molecule has 148 valence electrons. The Morgan fingerprint density at radius 3 is 2.52 bits per heavy atom. The van der Waals surface area contributed by atoms with Crippen LogP contribution in [-0.4, -0.2) is 25.0 Å². The van der Waals surface area contributed by atoms with Gasteiger partial charge in [0.2, 0.25) is 0 Å². The van der Waals surface area contributed by atoms with Crippen LogP contribution in [0.2, 0.25) is 0 Å². The molecule has 0 saturated heterocycles. The molecule has 2 heterocycles. The van der Waals surface area contributed by atoms with E-state index in [2.05, 4.69) is 57.2 Å². The van der Waals surface area contributed by atoms with E-state index in [9.17, 15) is 4.79 Å². The molecule has 1 N–H and O–H groups in total. The first-order chi connectivity index (χ1) is 14.0. The zero-order valence-corrected chi connectivity index (χ0v) is 18.0. The molecule has 1 unspecified atom stereocenters. The van der Waals surface area contributed by atoms with E-state index in [1.54, 1.807) is 0 Å².